The van der Waals surface area contributed by atoms with E-state index in [1.165, 1.54) is 4.88 Å². The van der Waals surface area contributed by atoms with Crippen LogP contribution >= 0.6 is 23.7 Å². The van der Waals surface area contributed by atoms with Crippen LogP contribution in [-0.2, 0) is 11.2 Å². The summed E-state index contributed by atoms with van der Waals surface area (Å²) in [7, 11) is 0. The number of hydrogen-bond donors (Lipinski definition) is 2. The number of carbonyl (C=O) groups is 1. The molecular weight excluding hydrogens is 208 g/mol. The number of nitrogens with one attached hydrogen (secondary N) is 1. The smallest absolute Gasteiger partial charge is 0.237 e. The molecule has 1 amide bonds. The van der Waals surface area contributed by atoms with E-state index in [0.29, 0.717) is 0 Å². The van der Waals surface area contributed by atoms with E-state index < -0.39 is 0 Å². The molecule has 1 heterocycles. The summed E-state index contributed by atoms with van der Waals surface area (Å²) in [4.78, 5) is 12.2. The minimum absolute atomic E-state index is 0. The zero-order valence-corrected chi connectivity index (χ0v) is 8.95. The molecule has 1 aromatic rings. The molecule has 74 valence electrons. The number of thiophene rings is 1. The first kappa shape index (κ1) is 12.4. The second-order valence-corrected chi connectivity index (χ2v) is 3.73. The number of amides is 1. The fraction of sp³-hybridized carbons (Fsp3) is 0.375. The third kappa shape index (κ3) is 3.76. The number of hydrogen-bond acceptors (Lipinski definition) is 3. The van der Waals surface area contributed by atoms with Gasteiger partial charge in [0.25, 0.3) is 0 Å². The predicted molar refractivity (Wildman–Crippen MR) is 56.8 cm³/mol. The Morgan fingerprint density at radius 1 is 1.77 bits per heavy atom. The maximum Gasteiger partial charge on any atom is 0.237 e. The highest BCUT2D eigenvalue weighted by atomic mass is 35.5. The average Bonchev–Trinajstić information content (AvgIpc) is 2.55. The number of hydrazine groups is 1. The summed E-state index contributed by atoms with van der Waals surface area (Å²) < 4.78 is 0. The van der Waals surface area contributed by atoms with E-state index in [2.05, 4.69) is 5.43 Å². The van der Waals surface area contributed by atoms with Crippen molar-refractivity contribution in [1.29, 1.82) is 0 Å². The van der Waals surface area contributed by atoms with Gasteiger partial charge in [-0.2, -0.15) is 0 Å². The van der Waals surface area contributed by atoms with Gasteiger partial charge in [0.2, 0.25) is 5.91 Å². The Hall–Kier alpha value is -0.580. The van der Waals surface area contributed by atoms with Crippen LogP contribution < -0.4 is 11.3 Å². The molecule has 13 heavy (non-hydrogen) atoms. The van der Waals surface area contributed by atoms with Gasteiger partial charge < -0.3 is 0 Å². The van der Waals surface area contributed by atoms with E-state index in [0.717, 1.165) is 6.42 Å². The van der Waals surface area contributed by atoms with Gasteiger partial charge in [0, 0.05) is 10.8 Å². The molecule has 0 aliphatic carbocycles. The molecule has 0 fully saturated rings. The maximum atomic E-state index is 11.0. The molecule has 0 spiro atoms. The van der Waals surface area contributed by atoms with Crippen molar-refractivity contribution in [2.75, 3.05) is 0 Å². The van der Waals surface area contributed by atoms with Crippen molar-refractivity contribution in [3.63, 3.8) is 0 Å². The van der Waals surface area contributed by atoms with E-state index in [1.54, 1.807) is 11.3 Å². The molecule has 5 heteroatoms. The Kier molecular flexibility index (Phi) is 5.70. The lowest BCUT2D eigenvalue weighted by Crippen LogP contribution is -2.35. The molecule has 0 bridgehead atoms. The minimum Gasteiger partial charge on any atom is -0.294 e. The Labute approximate surface area is 87.7 Å². The first-order chi connectivity index (χ1) is 5.74. The summed E-state index contributed by atoms with van der Waals surface area (Å²) in [5.41, 5.74) is 2.14. The summed E-state index contributed by atoms with van der Waals surface area (Å²) in [6.45, 7) is 1.86. The summed E-state index contributed by atoms with van der Waals surface area (Å²) in [6.07, 6.45) is 0.765. The predicted octanol–water partition coefficient (Wildman–Crippen LogP) is 1.34. The van der Waals surface area contributed by atoms with Crippen LogP contribution in [0.1, 0.15) is 11.8 Å². The lowest BCUT2D eigenvalue weighted by atomic mass is 10.1. The van der Waals surface area contributed by atoms with Crippen LogP contribution in [0.3, 0.4) is 0 Å². The molecule has 1 aromatic heterocycles. The van der Waals surface area contributed by atoms with Gasteiger partial charge in [-0.15, -0.1) is 23.7 Å². The van der Waals surface area contributed by atoms with Crippen molar-refractivity contribution in [3.05, 3.63) is 22.4 Å². The highest BCUT2D eigenvalue weighted by Gasteiger charge is 2.11. The molecule has 3 N–H and O–H groups in total. The largest absolute Gasteiger partial charge is 0.294 e. The van der Waals surface area contributed by atoms with Crippen LogP contribution in [0.25, 0.3) is 0 Å². The average molecular weight is 221 g/mol. The minimum atomic E-state index is -0.108. The van der Waals surface area contributed by atoms with E-state index in [9.17, 15) is 4.79 Å². The lowest BCUT2D eigenvalue weighted by molar-refractivity contribution is -0.124. The zero-order chi connectivity index (χ0) is 8.97. The molecule has 0 aliphatic heterocycles. The summed E-state index contributed by atoms with van der Waals surface area (Å²) in [5.74, 6) is 4.85. The van der Waals surface area contributed by atoms with Gasteiger partial charge in [-0.05, 0) is 17.9 Å². The third-order valence-electron chi connectivity index (χ3n) is 1.68. The van der Waals surface area contributed by atoms with Gasteiger partial charge in [0.05, 0.1) is 0 Å². The maximum absolute atomic E-state index is 11.0. The second-order valence-electron chi connectivity index (χ2n) is 2.69. The fourth-order valence-corrected chi connectivity index (χ4v) is 1.80. The Balaban J connectivity index is 0.00000144. The van der Waals surface area contributed by atoms with Crippen molar-refractivity contribution in [1.82, 2.24) is 5.43 Å². The van der Waals surface area contributed by atoms with Crippen LogP contribution in [0.2, 0.25) is 0 Å². The Morgan fingerprint density at radius 3 is 2.92 bits per heavy atom. The molecule has 1 rings (SSSR count). The highest BCUT2D eigenvalue weighted by molar-refractivity contribution is 7.09. The molecule has 1 atom stereocenters. The molecule has 0 radical (unpaired) electrons. The molecule has 3 nitrogen and oxygen atoms in total. The van der Waals surface area contributed by atoms with Crippen LogP contribution in [0, 0.1) is 5.92 Å². The summed E-state index contributed by atoms with van der Waals surface area (Å²) >= 11 is 1.66. The van der Waals surface area contributed by atoms with Gasteiger partial charge >= 0.3 is 0 Å². The molecule has 0 saturated carbocycles. The van der Waals surface area contributed by atoms with Crippen LogP contribution in [0.4, 0.5) is 0 Å². The van der Waals surface area contributed by atoms with Crippen LogP contribution in [0.15, 0.2) is 17.5 Å². The zero-order valence-electron chi connectivity index (χ0n) is 7.32. The monoisotopic (exact) mass is 220 g/mol. The molecule has 0 saturated heterocycles. The summed E-state index contributed by atoms with van der Waals surface area (Å²) in [5, 5.41) is 2.00. The van der Waals surface area contributed by atoms with Crippen molar-refractivity contribution >= 4 is 29.7 Å². The van der Waals surface area contributed by atoms with Crippen molar-refractivity contribution < 1.29 is 4.79 Å². The van der Waals surface area contributed by atoms with E-state index in [-0.39, 0.29) is 24.2 Å². The van der Waals surface area contributed by atoms with E-state index >= 15 is 0 Å². The van der Waals surface area contributed by atoms with Gasteiger partial charge in [-0.1, -0.05) is 13.0 Å². The Morgan fingerprint density at radius 2 is 2.46 bits per heavy atom. The number of nitrogens with two attached hydrogens (primary N) is 1. The van der Waals surface area contributed by atoms with Crippen LogP contribution in [0.5, 0.6) is 0 Å². The first-order valence-electron chi connectivity index (χ1n) is 3.77. The topological polar surface area (TPSA) is 55.1 Å². The fourth-order valence-electron chi connectivity index (χ4n) is 0.965. The van der Waals surface area contributed by atoms with Crippen molar-refractivity contribution in [2.24, 2.45) is 11.8 Å². The van der Waals surface area contributed by atoms with Gasteiger partial charge in [0.15, 0.2) is 0 Å². The quantitative estimate of drug-likeness (QED) is 0.459. The SMILES string of the molecule is CC(Cc1cccs1)C(=O)NN.Cl. The number of rotatable bonds is 3. The number of carbonyl (C=O) groups excluding carboxylic acids is 1. The van der Waals surface area contributed by atoms with Crippen molar-refractivity contribution in [2.45, 2.75) is 13.3 Å². The third-order valence-corrected chi connectivity index (χ3v) is 2.58. The normalized spacial score (nSPS) is 11.5. The standard InChI is InChI=1S/C8H12N2OS.ClH/c1-6(8(11)10-9)5-7-3-2-4-12-7;/h2-4,6H,5,9H2,1H3,(H,10,11);1H. The molecule has 0 aliphatic rings. The molecule has 0 aromatic carbocycles. The van der Waals surface area contributed by atoms with Crippen LogP contribution in [-0.4, -0.2) is 5.91 Å². The lowest BCUT2D eigenvalue weighted by Gasteiger charge is -2.06. The second kappa shape index (κ2) is 5.96. The summed E-state index contributed by atoms with van der Waals surface area (Å²) in [6, 6.07) is 4.00. The van der Waals surface area contributed by atoms with Crippen molar-refractivity contribution in [3.8, 4) is 0 Å². The van der Waals surface area contributed by atoms with E-state index in [4.69, 9.17) is 5.84 Å². The molecule has 1 unspecified atom stereocenters. The number of halogens is 1. The first-order valence-corrected chi connectivity index (χ1v) is 4.65. The van der Waals surface area contributed by atoms with Gasteiger partial charge in [-0.3, -0.25) is 10.2 Å². The van der Waals surface area contributed by atoms with Gasteiger partial charge in [-0.25, -0.2) is 5.84 Å². The van der Waals surface area contributed by atoms with E-state index in [1.807, 2.05) is 24.4 Å². The van der Waals surface area contributed by atoms with Gasteiger partial charge in [0.1, 0.15) is 0 Å². The highest BCUT2D eigenvalue weighted by Crippen LogP contribution is 2.13. The molecular formula is C8H13ClN2OS. The Bertz CT molecular complexity index is 251.